The molecule has 0 bridgehead atoms. The van der Waals surface area contributed by atoms with Crippen LogP contribution < -0.4 is 14.4 Å². The summed E-state index contributed by atoms with van der Waals surface area (Å²) in [6.45, 7) is -0.650. The fraction of sp³-hybridized carbons (Fsp3) is 0.316. The van der Waals surface area contributed by atoms with Gasteiger partial charge in [-0.15, -0.1) is 11.3 Å². The molecule has 0 N–H and O–H groups in total. The van der Waals surface area contributed by atoms with Gasteiger partial charge in [0, 0.05) is 31.7 Å². The second kappa shape index (κ2) is 8.16. The number of methoxy groups -OCH3 is 1. The highest BCUT2D eigenvalue weighted by molar-refractivity contribution is 7.16. The molecule has 29 heavy (non-hydrogen) atoms. The van der Waals surface area contributed by atoms with Gasteiger partial charge in [0.15, 0.2) is 11.5 Å². The van der Waals surface area contributed by atoms with E-state index < -0.39 is 6.61 Å². The van der Waals surface area contributed by atoms with E-state index in [4.69, 9.17) is 4.74 Å². The molecule has 4 rings (SSSR count). The normalized spacial score (nSPS) is 14.5. The van der Waals surface area contributed by atoms with Crippen molar-refractivity contribution in [3.63, 3.8) is 0 Å². The first-order valence-corrected chi connectivity index (χ1v) is 9.80. The third kappa shape index (κ3) is 3.93. The molecule has 3 heterocycles. The van der Waals surface area contributed by atoms with Crippen LogP contribution >= 0.6 is 11.3 Å². The molecule has 7 nitrogen and oxygen atoms in total. The topological polar surface area (TPSA) is 67.8 Å². The number of benzene rings is 1. The van der Waals surface area contributed by atoms with Gasteiger partial charge in [-0.05, 0) is 29.6 Å². The Hall–Kier alpha value is -3.01. The number of hydrogen-bond acceptors (Lipinski definition) is 7. The molecule has 1 saturated heterocycles. The van der Waals surface area contributed by atoms with E-state index in [0.717, 1.165) is 16.0 Å². The van der Waals surface area contributed by atoms with Gasteiger partial charge in [-0.3, -0.25) is 4.79 Å². The Labute approximate surface area is 169 Å². The summed E-state index contributed by atoms with van der Waals surface area (Å²) in [5.74, 6) is 0.677. The minimum atomic E-state index is -2.96. The molecule has 1 aliphatic heterocycles. The first kappa shape index (κ1) is 19.3. The van der Waals surface area contributed by atoms with E-state index >= 15 is 0 Å². The lowest BCUT2D eigenvalue weighted by Crippen LogP contribution is -2.49. The highest BCUT2D eigenvalue weighted by Crippen LogP contribution is 2.31. The predicted molar refractivity (Wildman–Crippen MR) is 105 cm³/mol. The number of carbonyl (C=O) groups excluding carboxylic acids is 1. The number of amides is 1. The fourth-order valence-corrected chi connectivity index (χ4v) is 4.05. The van der Waals surface area contributed by atoms with Crippen LogP contribution in [0.2, 0.25) is 0 Å². The van der Waals surface area contributed by atoms with E-state index in [0.29, 0.717) is 31.7 Å². The molecule has 0 radical (unpaired) electrons. The average Bonchev–Trinajstić information content (AvgIpc) is 3.22. The number of fused-ring (bicyclic) bond motifs is 1. The minimum Gasteiger partial charge on any atom is -0.493 e. The predicted octanol–water partition coefficient (Wildman–Crippen LogP) is 3.26. The molecule has 1 aliphatic rings. The van der Waals surface area contributed by atoms with E-state index in [1.54, 1.807) is 22.6 Å². The Morgan fingerprint density at radius 3 is 2.66 bits per heavy atom. The van der Waals surface area contributed by atoms with Gasteiger partial charge in [-0.2, -0.15) is 8.78 Å². The van der Waals surface area contributed by atoms with Crippen LogP contribution in [0.1, 0.15) is 10.4 Å². The summed E-state index contributed by atoms with van der Waals surface area (Å²) in [4.78, 5) is 26.3. The van der Waals surface area contributed by atoms with Crippen molar-refractivity contribution >= 4 is 33.3 Å². The molecule has 152 valence electrons. The van der Waals surface area contributed by atoms with Crippen molar-refractivity contribution in [1.29, 1.82) is 0 Å². The first-order chi connectivity index (χ1) is 14.1. The van der Waals surface area contributed by atoms with Crippen LogP contribution in [0.5, 0.6) is 11.5 Å². The minimum absolute atomic E-state index is 0.0932. The number of aromatic nitrogens is 2. The monoisotopic (exact) mass is 420 g/mol. The summed E-state index contributed by atoms with van der Waals surface area (Å²) in [7, 11) is 1.34. The molecule has 0 spiro atoms. The summed E-state index contributed by atoms with van der Waals surface area (Å²) < 4.78 is 34.4. The summed E-state index contributed by atoms with van der Waals surface area (Å²) in [5, 5.41) is 2.99. The second-order valence-electron chi connectivity index (χ2n) is 6.36. The molecule has 1 aromatic carbocycles. The fourth-order valence-electron chi connectivity index (χ4n) is 3.33. The molecule has 0 unspecified atom stereocenters. The number of thiophene rings is 1. The SMILES string of the molecule is COc1cc(C(=O)N2CCN(c3ncnc4sccc34)CC2)ccc1OC(F)F. The zero-order chi connectivity index (χ0) is 20.4. The molecule has 10 heteroatoms. The van der Waals surface area contributed by atoms with E-state index in [2.05, 4.69) is 19.6 Å². The summed E-state index contributed by atoms with van der Waals surface area (Å²) in [5.41, 5.74) is 0.360. The number of halogens is 2. The Morgan fingerprint density at radius 1 is 1.14 bits per heavy atom. The van der Waals surface area contributed by atoms with Crippen LogP contribution in [0.15, 0.2) is 36.0 Å². The quantitative estimate of drug-likeness (QED) is 0.631. The number of anilines is 1. The lowest BCUT2D eigenvalue weighted by Gasteiger charge is -2.35. The van der Waals surface area contributed by atoms with Crippen LogP contribution in [0.4, 0.5) is 14.6 Å². The summed E-state index contributed by atoms with van der Waals surface area (Å²) >= 11 is 1.57. The molecule has 0 saturated carbocycles. The van der Waals surface area contributed by atoms with E-state index in [-0.39, 0.29) is 17.4 Å². The molecule has 3 aromatic rings. The number of alkyl halides is 2. The van der Waals surface area contributed by atoms with Gasteiger partial charge in [0.2, 0.25) is 0 Å². The number of rotatable bonds is 5. The molecule has 1 fully saturated rings. The maximum Gasteiger partial charge on any atom is 0.387 e. The van der Waals surface area contributed by atoms with Gasteiger partial charge in [-0.25, -0.2) is 9.97 Å². The average molecular weight is 420 g/mol. The van der Waals surface area contributed by atoms with Crippen molar-refractivity contribution in [3.05, 3.63) is 41.5 Å². The Kier molecular flexibility index (Phi) is 5.43. The van der Waals surface area contributed by atoms with Gasteiger partial charge < -0.3 is 19.3 Å². The van der Waals surface area contributed by atoms with Crippen molar-refractivity contribution in [2.75, 3.05) is 38.2 Å². The second-order valence-corrected chi connectivity index (χ2v) is 7.25. The van der Waals surface area contributed by atoms with E-state index in [9.17, 15) is 13.6 Å². The van der Waals surface area contributed by atoms with Crippen molar-refractivity contribution < 1.29 is 23.0 Å². The Bertz CT molecular complexity index is 1020. The van der Waals surface area contributed by atoms with Crippen LogP contribution in [0.3, 0.4) is 0 Å². The van der Waals surface area contributed by atoms with Gasteiger partial charge >= 0.3 is 6.61 Å². The van der Waals surface area contributed by atoms with Crippen molar-refractivity contribution in [1.82, 2.24) is 14.9 Å². The standard InChI is InChI=1S/C19H18F2N4O3S/c1-27-15-10-12(2-3-14(15)28-19(20)21)18(26)25-7-5-24(6-8-25)16-13-4-9-29-17(13)23-11-22-16/h2-4,9-11,19H,5-8H2,1H3. The molecule has 0 atom stereocenters. The molecular formula is C19H18F2N4O3S. The van der Waals surface area contributed by atoms with Crippen molar-refractivity contribution in [2.24, 2.45) is 0 Å². The summed E-state index contributed by atoms with van der Waals surface area (Å²) in [6, 6.07) is 6.21. The number of ether oxygens (including phenoxy) is 2. The van der Waals surface area contributed by atoms with Gasteiger partial charge in [0.1, 0.15) is 17.0 Å². The zero-order valence-corrected chi connectivity index (χ0v) is 16.4. The summed E-state index contributed by atoms with van der Waals surface area (Å²) in [6.07, 6.45) is 1.56. The van der Waals surface area contributed by atoms with Crippen LogP contribution in [-0.4, -0.2) is 60.7 Å². The maximum absolute atomic E-state index is 12.9. The van der Waals surface area contributed by atoms with Crippen LogP contribution in [-0.2, 0) is 0 Å². The maximum atomic E-state index is 12.9. The molecule has 2 aromatic heterocycles. The number of nitrogens with zero attached hydrogens (tertiary/aromatic N) is 4. The van der Waals surface area contributed by atoms with Crippen molar-refractivity contribution in [3.8, 4) is 11.5 Å². The van der Waals surface area contributed by atoms with Crippen LogP contribution in [0.25, 0.3) is 10.2 Å². The lowest BCUT2D eigenvalue weighted by molar-refractivity contribution is -0.0512. The Balaban J connectivity index is 1.46. The molecule has 0 aliphatic carbocycles. The van der Waals surface area contributed by atoms with Gasteiger partial charge in [-0.1, -0.05) is 0 Å². The van der Waals surface area contributed by atoms with E-state index in [1.165, 1.54) is 25.3 Å². The Morgan fingerprint density at radius 2 is 1.93 bits per heavy atom. The van der Waals surface area contributed by atoms with Gasteiger partial charge in [0.25, 0.3) is 5.91 Å². The molecule has 1 amide bonds. The number of carbonyl (C=O) groups is 1. The smallest absolute Gasteiger partial charge is 0.387 e. The lowest BCUT2D eigenvalue weighted by atomic mass is 10.1. The highest BCUT2D eigenvalue weighted by atomic mass is 32.1. The first-order valence-electron chi connectivity index (χ1n) is 8.92. The third-order valence-electron chi connectivity index (χ3n) is 4.73. The van der Waals surface area contributed by atoms with E-state index in [1.807, 2.05) is 11.4 Å². The largest absolute Gasteiger partial charge is 0.493 e. The van der Waals surface area contributed by atoms with Crippen molar-refractivity contribution in [2.45, 2.75) is 6.61 Å². The highest BCUT2D eigenvalue weighted by Gasteiger charge is 2.25. The molecular weight excluding hydrogens is 402 g/mol. The van der Waals surface area contributed by atoms with Crippen LogP contribution in [0, 0.1) is 0 Å². The number of piperazine rings is 1. The number of hydrogen-bond donors (Lipinski definition) is 0. The zero-order valence-electron chi connectivity index (χ0n) is 15.5. The van der Waals surface area contributed by atoms with Gasteiger partial charge in [0.05, 0.1) is 12.5 Å². The third-order valence-corrected chi connectivity index (χ3v) is 5.55.